The van der Waals surface area contributed by atoms with E-state index in [1.54, 1.807) is 47.6 Å². The van der Waals surface area contributed by atoms with E-state index in [1.165, 1.54) is 16.9 Å². The molecule has 1 N–H and O–H groups in total. The van der Waals surface area contributed by atoms with Crippen LogP contribution >= 0.6 is 11.3 Å². The molecule has 3 aromatic rings. The Labute approximate surface area is 210 Å². The summed E-state index contributed by atoms with van der Waals surface area (Å²) in [5.74, 6) is 0.915. The normalized spacial score (nSPS) is 10.4. The maximum atomic E-state index is 13.4. The monoisotopic (exact) mass is 493 g/mol. The molecular formula is C27H31N3O4S. The molecule has 35 heavy (non-hydrogen) atoms. The van der Waals surface area contributed by atoms with Crippen LogP contribution in [0.25, 0.3) is 0 Å². The molecule has 0 atom stereocenters. The number of benzene rings is 2. The summed E-state index contributed by atoms with van der Waals surface area (Å²) in [5.41, 5.74) is 1.51. The van der Waals surface area contributed by atoms with Crippen LogP contribution in [0, 0.1) is 6.92 Å². The van der Waals surface area contributed by atoms with E-state index < -0.39 is 6.03 Å². The molecule has 184 valence electrons. The number of carbonyl (C=O) groups is 2. The number of ether oxygens (including phenoxy) is 2. The van der Waals surface area contributed by atoms with Gasteiger partial charge in [0.25, 0.3) is 0 Å². The number of nitrogens with zero attached hydrogens (tertiary/aromatic N) is 2. The van der Waals surface area contributed by atoms with Gasteiger partial charge in [-0.2, -0.15) is 0 Å². The molecule has 7 nitrogen and oxygen atoms in total. The molecule has 0 fully saturated rings. The Balaban J connectivity index is 1.76. The van der Waals surface area contributed by atoms with Crippen LogP contribution in [0.2, 0.25) is 0 Å². The van der Waals surface area contributed by atoms with Crippen LogP contribution in [0.5, 0.6) is 11.5 Å². The van der Waals surface area contributed by atoms with E-state index in [-0.39, 0.29) is 19.0 Å². The highest BCUT2D eigenvalue weighted by Gasteiger charge is 2.22. The predicted octanol–water partition coefficient (Wildman–Crippen LogP) is 5.32. The maximum Gasteiger partial charge on any atom is 0.322 e. The van der Waals surface area contributed by atoms with Crippen molar-refractivity contribution in [2.24, 2.45) is 0 Å². The first-order valence-corrected chi connectivity index (χ1v) is 12.0. The first kappa shape index (κ1) is 25.8. The van der Waals surface area contributed by atoms with Crippen LogP contribution in [0.3, 0.4) is 0 Å². The quantitative estimate of drug-likeness (QED) is 0.367. The standard InChI is InChI=1S/C27H31N3O4S/c1-5-15-29(27(32)28-24-14-12-22(33-3)16-25(24)34-4)19-26(31)30(17-21-9-7-6-8-10-21)18-23-13-11-20(2)35-23/h5-14,16H,1,15,17-19H2,2-4H3,(H,28,32). The Bertz CT molecular complexity index is 1150. The number of anilines is 1. The Hall–Kier alpha value is -3.78. The van der Waals surface area contributed by atoms with Gasteiger partial charge in [0, 0.05) is 28.9 Å². The van der Waals surface area contributed by atoms with Crippen molar-refractivity contribution in [1.29, 1.82) is 0 Å². The third-order valence-electron chi connectivity index (χ3n) is 5.32. The molecule has 3 rings (SSSR count). The number of hydrogen-bond acceptors (Lipinski definition) is 5. The van der Waals surface area contributed by atoms with Gasteiger partial charge in [0.2, 0.25) is 5.91 Å². The van der Waals surface area contributed by atoms with Crippen molar-refractivity contribution in [1.82, 2.24) is 9.80 Å². The van der Waals surface area contributed by atoms with E-state index in [9.17, 15) is 9.59 Å². The molecule has 1 heterocycles. The smallest absolute Gasteiger partial charge is 0.322 e. The molecular weight excluding hydrogens is 462 g/mol. The number of thiophene rings is 1. The van der Waals surface area contributed by atoms with E-state index in [0.717, 1.165) is 10.4 Å². The summed E-state index contributed by atoms with van der Waals surface area (Å²) >= 11 is 1.66. The zero-order chi connectivity index (χ0) is 25.2. The Morgan fingerprint density at radius 3 is 2.40 bits per heavy atom. The molecule has 0 unspecified atom stereocenters. The number of hydrogen-bond donors (Lipinski definition) is 1. The molecule has 0 saturated carbocycles. The van der Waals surface area contributed by atoms with E-state index in [0.29, 0.717) is 30.3 Å². The number of amides is 3. The molecule has 3 amide bonds. The lowest BCUT2D eigenvalue weighted by molar-refractivity contribution is -0.132. The largest absolute Gasteiger partial charge is 0.497 e. The number of carbonyl (C=O) groups excluding carboxylic acids is 2. The summed E-state index contributed by atoms with van der Waals surface area (Å²) in [4.78, 5) is 32.0. The van der Waals surface area contributed by atoms with E-state index in [1.807, 2.05) is 49.4 Å². The summed E-state index contributed by atoms with van der Waals surface area (Å²) < 4.78 is 10.6. The molecule has 2 aromatic carbocycles. The van der Waals surface area contributed by atoms with Gasteiger partial charge >= 0.3 is 6.03 Å². The van der Waals surface area contributed by atoms with Gasteiger partial charge in [-0.1, -0.05) is 36.4 Å². The molecule has 0 saturated heterocycles. The van der Waals surface area contributed by atoms with Crippen molar-refractivity contribution in [3.8, 4) is 11.5 Å². The van der Waals surface area contributed by atoms with Crippen LogP contribution in [0.4, 0.5) is 10.5 Å². The molecule has 0 aliphatic rings. The second-order valence-corrected chi connectivity index (χ2v) is 9.29. The Morgan fingerprint density at radius 2 is 1.77 bits per heavy atom. The van der Waals surface area contributed by atoms with Crippen molar-refractivity contribution in [3.05, 3.63) is 88.6 Å². The maximum absolute atomic E-state index is 13.4. The fourth-order valence-electron chi connectivity index (χ4n) is 3.53. The van der Waals surface area contributed by atoms with Crippen LogP contribution < -0.4 is 14.8 Å². The zero-order valence-electron chi connectivity index (χ0n) is 20.3. The molecule has 0 spiro atoms. The van der Waals surface area contributed by atoms with Crippen LogP contribution in [-0.4, -0.2) is 49.0 Å². The first-order chi connectivity index (χ1) is 16.9. The minimum atomic E-state index is -0.423. The fraction of sp³-hybridized carbons (Fsp3) is 0.259. The van der Waals surface area contributed by atoms with Gasteiger partial charge in [0.15, 0.2) is 0 Å². The topological polar surface area (TPSA) is 71.1 Å². The number of methoxy groups -OCH3 is 2. The lowest BCUT2D eigenvalue weighted by Crippen LogP contribution is -2.44. The highest BCUT2D eigenvalue weighted by atomic mass is 32.1. The van der Waals surface area contributed by atoms with E-state index in [4.69, 9.17) is 9.47 Å². The van der Waals surface area contributed by atoms with Crippen molar-refractivity contribution in [3.63, 3.8) is 0 Å². The van der Waals surface area contributed by atoms with Crippen LogP contribution in [0.15, 0.2) is 73.3 Å². The summed E-state index contributed by atoms with van der Waals surface area (Å²) in [6.45, 7) is 6.84. The minimum Gasteiger partial charge on any atom is -0.497 e. The van der Waals surface area contributed by atoms with Crippen molar-refractivity contribution >= 4 is 29.0 Å². The van der Waals surface area contributed by atoms with Gasteiger partial charge in [-0.25, -0.2) is 4.79 Å². The van der Waals surface area contributed by atoms with Gasteiger partial charge in [-0.15, -0.1) is 17.9 Å². The van der Waals surface area contributed by atoms with Gasteiger partial charge < -0.3 is 24.6 Å². The summed E-state index contributed by atoms with van der Waals surface area (Å²) in [5, 5.41) is 2.83. The highest BCUT2D eigenvalue weighted by Crippen LogP contribution is 2.29. The van der Waals surface area contributed by atoms with Crippen molar-refractivity contribution in [2.75, 3.05) is 32.6 Å². The molecule has 0 aliphatic heterocycles. The average molecular weight is 494 g/mol. The van der Waals surface area contributed by atoms with Crippen LogP contribution in [-0.2, 0) is 17.9 Å². The molecule has 0 aliphatic carbocycles. The van der Waals surface area contributed by atoms with Gasteiger partial charge in [-0.3, -0.25) is 4.79 Å². The summed E-state index contributed by atoms with van der Waals surface area (Å²) in [7, 11) is 3.08. The van der Waals surface area contributed by atoms with Gasteiger partial charge in [0.05, 0.1) is 26.5 Å². The first-order valence-electron chi connectivity index (χ1n) is 11.2. The Kier molecular flexibility index (Phi) is 9.31. The Morgan fingerprint density at radius 1 is 1.00 bits per heavy atom. The molecule has 0 radical (unpaired) electrons. The summed E-state index contributed by atoms with van der Waals surface area (Å²) in [6.07, 6.45) is 1.60. The van der Waals surface area contributed by atoms with Crippen molar-refractivity contribution in [2.45, 2.75) is 20.0 Å². The molecule has 1 aromatic heterocycles. The SMILES string of the molecule is C=CCN(CC(=O)N(Cc1ccccc1)Cc1ccc(C)s1)C(=O)Nc1ccc(OC)cc1OC. The molecule has 0 bridgehead atoms. The number of aryl methyl sites for hydroxylation is 1. The number of rotatable bonds is 11. The summed E-state index contributed by atoms with van der Waals surface area (Å²) in [6, 6.07) is 18.6. The lowest BCUT2D eigenvalue weighted by atomic mass is 10.2. The highest BCUT2D eigenvalue weighted by molar-refractivity contribution is 7.11. The second kappa shape index (κ2) is 12.6. The zero-order valence-corrected chi connectivity index (χ0v) is 21.1. The fourth-order valence-corrected chi connectivity index (χ4v) is 4.43. The van der Waals surface area contributed by atoms with E-state index >= 15 is 0 Å². The minimum absolute atomic E-state index is 0.0898. The van der Waals surface area contributed by atoms with Crippen molar-refractivity contribution < 1.29 is 19.1 Å². The predicted molar refractivity (Wildman–Crippen MR) is 140 cm³/mol. The molecule has 8 heteroatoms. The third kappa shape index (κ3) is 7.35. The third-order valence-corrected chi connectivity index (χ3v) is 6.31. The van der Waals surface area contributed by atoms with E-state index in [2.05, 4.69) is 11.9 Å². The average Bonchev–Trinajstić information content (AvgIpc) is 3.28. The van der Waals surface area contributed by atoms with Gasteiger partial charge in [0.1, 0.15) is 18.0 Å². The van der Waals surface area contributed by atoms with Crippen LogP contribution in [0.1, 0.15) is 15.3 Å². The van der Waals surface area contributed by atoms with Gasteiger partial charge in [-0.05, 0) is 36.8 Å². The second-order valence-electron chi connectivity index (χ2n) is 7.91. The lowest BCUT2D eigenvalue weighted by Gasteiger charge is -2.27. The number of nitrogens with one attached hydrogen (secondary N) is 1. The number of urea groups is 1.